The lowest BCUT2D eigenvalue weighted by Gasteiger charge is -2.47. The second-order valence-electron chi connectivity index (χ2n) is 14.0. The first-order valence-corrected chi connectivity index (χ1v) is 16.2. The monoisotopic (exact) mass is 1180 g/mol. The van der Waals surface area contributed by atoms with Crippen molar-refractivity contribution in [3.63, 3.8) is 0 Å². The van der Waals surface area contributed by atoms with Gasteiger partial charge in [0.05, 0.1) is 5.92 Å². The van der Waals surface area contributed by atoms with E-state index in [1.165, 1.54) is 0 Å². The van der Waals surface area contributed by atoms with E-state index in [0.717, 1.165) is 6.92 Å². The molecule has 0 bridgehead atoms. The summed E-state index contributed by atoms with van der Waals surface area (Å²) < 4.78 is 596. The number of hydrogen-bond acceptors (Lipinski definition) is 2. The van der Waals surface area contributed by atoms with E-state index < -0.39 is 150 Å². The van der Waals surface area contributed by atoms with Gasteiger partial charge in [0.15, 0.2) is 6.61 Å². The maximum absolute atomic E-state index is 14.2. The zero-order valence-electron chi connectivity index (χ0n) is 32.1. The quantitative estimate of drug-likeness (QED) is 0.0753. The molecule has 0 heterocycles. The van der Waals surface area contributed by atoms with Gasteiger partial charge in [0.25, 0.3) is 0 Å². The summed E-state index contributed by atoms with van der Waals surface area (Å²) in [5.74, 6) is -205. The highest BCUT2D eigenvalue weighted by Crippen LogP contribution is 2.71. The van der Waals surface area contributed by atoms with E-state index in [2.05, 4.69) is 4.74 Å². The number of ether oxygens (including phenoxy) is 1. The highest BCUT2D eigenvalue weighted by molar-refractivity contribution is 5.71. The molecule has 0 radical (unpaired) electrons. The van der Waals surface area contributed by atoms with Gasteiger partial charge in [-0.1, -0.05) is 13.8 Å². The van der Waals surface area contributed by atoms with Crippen molar-refractivity contribution in [3.05, 3.63) is 0 Å². The number of esters is 1. The third-order valence-electron chi connectivity index (χ3n) is 9.32. The minimum absolute atomic E-state index is 0.566. The number of carbonyl (C=O) groups excluding carboxylic acids is 1. The van der Waals surface area contributed by atoms with Gasteiger partial charge in [-0.3, -0.25) is 4.79 Å². The average Bonchev–Trinajstić information content (AvgIpc) is 3.17. The zero-order valence-corrected chi connectivity index (χ0v) is 32.1. The van der Waals surface area contributed by atoms with E-state index in [1.807, 2.05) is 0 Å². The minimum Gasteiger partial charge on any atom is -0.459 e. The third kappa shape index (κ3) is 8.02. The van der Waals surface area contributed by atoms with Crippen molar-refractivity contribution in [3.8, 4) is 0 Å². The largest absolute Gasteiger partial charge is 0.460 e. The number of carbonyl (C=O) groups is 1. The maximum Gasteiger partial charge on any atom is 0.460 e. The highest BCUT2D eigenvalue weighted by atomic mass is 19.4. The summed E-state index contributed by atoms with van der Waals surface area (Å²) in [5, 5.41) is 0. The lowest BCUT2D eigenvalue weighted by Crippen LogP contribution is -2.81. The van der Waals surface area contributed by atoms with Crippen molar-refractivity contribution < 1.29 is 198 Å². The predicted octanol–water partition coefficient (Wildman–Crippen LogP) is 14.8. The first-order valence-electron chi connectivity index (χ1n) is 16.2. The summed E-state index contributed by atoms with van der Waals surface area (Å²) in [6.07, 6.45) is -9.18. The van der Waals surface area contributed by atoms with Crippen molar-refractivity contribution in [1.29, 1.82) is 0 Å². The molecule has 0 aromatic rings. The first kappa shape index (κ1) is 68.5. The predicted molar refractivity (Wildman–Crippen MR) is 135 cm³/mol. The van der Waals surface area contributed by atoms with Crippen LogP contribution in [0.15, 0.2) is 0 Å². The van der Waals surface area contributed by atoms with Gasteiger partial charge < -0.3 is 4.74 Å². The van der Waals surface area contributed by atoms with E-state index in [0.29, 0.717) is 6.92 Å². The van der Waals surface area contributed by atoms with Crippen LogP contribution < -0.4 is 0 Å². The molecule has 0 aliphatic carbocycles. The van der Waals surface area contributed by atoms with Gasteiger partial charge in [0.2, 0.25) is 0 Å². The van der Waals surface area contributed by atoms with E-state index in [9.17, 15) is 194 Å². The topological polar surface area (TPSA) is 26.3 Å². The van der Waals surface area contributed by atoms with Gasteiger partial charge in [-0.25, -0.2) is 0 Å². The Hall–Kier alpha value is -3.54. The zero-order chi connectivity index (χ0) is 59.8. The summed E-state index contributed by atoms with van der Waals surface area (Å²) in [6, 6.07) is 0. The molecule has 45 heteroatoms. The lowest BCUT2D eigenvalue weighted by atomic mass is 9.81. The smallest absolute Gasteiger partial charge is 0.459 e. The molecule has 1 unspecified atom stereocenters. The molecular weight excluding hydrogens is 1170 g/mol. The molecule has 0 aromatic heterocycles. The van der Waals surface area contributed by atoms with Crippen molar-refractivity contribution in [1.82, 2.24) is 0 Å². The van der Waals surface area contributed by atoms with Crippen LogP contribution in [0.25, 0.3) is 0 Å². The Kier molecular flexibility index (Phi) is 16.4. The van der Waals surface area contributed by atoms with Crippen LogP contribution in [0.5, 0.6) is 0 Å². The summed E-state index contributed by atoms with van der Waals surface area (Å²) >= 11 is 0. The van der Waals surface area contributed by atoms with Crippen LogP contribution in [-0.4, -0.2) is 137 Å². The Morgan fingerprint density at radius 3 is 0.556 bits per heavy atom. The van der Waals surface area contributed by atoms with E-state index in [1.54, 1.807) is 0 Å². The van der Waals surface area contributed by atoms with Gasteiger partial charge in [-0.15, -0.1) is 0 Å². The highest BCUT2D eigenvalue weighted by Gasteiger charge is 3.03. The second-order valence-corrected chi connectivity index (χ2v) is 14.0. The molecule has 0 aliphatic heterocycles. The van der Waals surface area contributed by atoms with Crippen LogP contribution in [0.1, 0.15) is 20.3 Å². The Morgan fingerprint density at radius 1 is 0.278 bits per heavy atom. The van der Waals surface area contributed by atoms with Crippen LogP contribution in [0.4, 0.5) is 189 Å². The minimum atomic E-state index is -10.7. The van der Waals surface area contributed by atoms with Crippen LogP contribution in [-0.2, 0) is 9.53 Å². The Labute approximate surface area is 363 Å². The molecule has 0 N–H and O–H groups in total. The standard InChI is InChI=1S/C27H11F43O2/c1-3-5(2)6(71)72-4-7(28,29)8(30,31)9(32,33)10(34,35)11(36,37)12(38,39)13(40,41)14(42,43)15(44,45)16(46,47)17(48,49)18(50,51)19(52,53)20(54,55)21(56,57)22(58,59)23(60,61)24(62,63)25(64,65)26(66,67)27(68,69)70/h5H,3-4H2,1-2H3. The van der Waals surface area contributed by atoms with Gasteiger partial charge in [-0.2, -0.15) is 189 Å². The summed E-state index contributed by atoms with van der Waals surface area (Å²) in [7, 11) is 0. The lowest BCUT2D eigenvalue weighted by molar-refractivity contribution is -0.496. The molecule has 0 aliphatic rings. The normalized spacial score (nSPS) is 17.3. The molecule has 0 fully saturated rings. The fourth-order valence-electron chi connectivity index (χ4n) is 4.32. The molecular formula is C27H11F43O2. The summed E-state index contributed by atoms with van der Waals surface area (Å²) in [6.45, 7) is -2.39. The molecule has 0 saturated heterocycles. The molecule has 0 aromatic carbocycles. The third-order valence-corrected chi connectivity index (χ3v) is 9.32. The van der Waals surface area contributed by atoms with Gasteiger partial charge in [0.1, 0.15) is 0 Å². The van der Waals surface area contributed by atoms with E-state index >= 15 is 0 Å². The number of alkyl halides is 43. The van der Waals surface area contributed by atoms with Crippen LogP contribution in [0.2, 0.25) is 0 Å². The SMILES string of the molecule is CCC(C)C(=O)OCC(F)(F)C(F)(F)C(F)(F)C(F)(F)C(F)(F)C(F)(F)C(F)(F)C(F)(F)C(F)(F)C(F)(F)C(F)(F)C(F)(F)C(F)(F)C(F)(F)C(F)(F)C(F)(F)C(F)(F)C(F)(F)C(F)(F)C(F)(F)C(F)(F)F. The Balaban J connectivity index is 7.97. The molecule has 1 atom stereocenters. The van der Waals surface area contributed by atoms with E-state index in [4.69, 9.17) is 0 Å². The molecule has 2 nitrogen and oxygen atoms in total. The summed E-state index contributed by atoms with van der Waals surface area (Å²) in [4.78, 5) is 11.3. The maximum atomic E-state index is 14.2. The van der Waals surface area contributed by atoms with E-state index in [-0.39, 0.29) is 0 Å². The fourth-order valence-corrected chi connectivity index (χ4v) is 4.32. The Morgan fingerprint density at radius 2 is 0.417 bits per heavy atom. The number of hydrogen-bond donors (Lipinski definition) is 0. The van der Waals surface area contributed by atoms with Crippen molar-refractivity contribution in [2.45, 2.75) is 145 Å². The van der Waals surface area contributed by atoms with Crippen molar-refractivity contribution >= 4 is 5.97 Å². The van der Waals surface area contributed by atoms with Crippen LogP contribution >= 0.6 is 0 Å². The second kappa shape index (κ2) is 17.2. The average molecular weight is 1180 g/mol. The molecule has 0 amide bonds. The molecule has 0 spiro atoms. The van der Waals surface area contributed by atoms with Gasteiger partial charge in [-0.05, 0) is 6.42 Å². The van der Waals surface area contributed by atoms with Gasteiger partial charge in [0, 0.05) is 0 Å². The van der Waals surface area contributed by atoms with Crippen molar-refractivity contribution in [2.75, 3.05) is 6.61 Å². The first-order chi connectivity index (χ1) is 30.4. The van der Waals surface area contributed by atoms with Crippen LogP contribution in [0.3, 0.4) is 0 Å². The number of halogens is 43. The van der Waals surface area contributed by atoms with Crippen LogP contribution in [0, 0.1) is 5.92 Å². The molecule has 0 saturated carbocycles. The molecule has 72 heavy (non-hydrogen) atoms. The number of rotatable bonds is 23. The van der Waals surface area contributed by atoms with Gasteiger partial charge >= 0.3 is 131 Å². The Bertz CT molecular complexity index is 1950. The van der Waals surface area contributed by atoms with Crippen molar-refractivity contribution in [2.24, 2.45) is 5.92 Å². The summed E-state index contributed by atoms with van der Waals surface area (Å²) in [5.41, 5.74) is 0. The molecule has 0 rings (SSSR count). The molecule has 432 valence electrons. The fraction of sp³-hybridized carbons (Fsp3) is 0.963.